The molecule has 1 N–H and O–H groups in total. The lowest BCUT2D eigenvalue weighted by atomic mass is 9.99. The van der Waals surface area contributed by atoms with E-state index in [1.807, 2.05) is 0 Å². The lowest BCUT2D eigenvalue weighted by Gasteiger charge is -2.32. The maximum absolute atomic E-state index is 12.4. The number of anilines is 1. The number of hydrogen-bond acceptors (Lipinski definition) is 4. The lowest BCUT2D eigenvalue weighted by Crippen LogP contribution is -2.36. The van der Waals surface area contributed by atoms with E-state index in [9.17, 15) is 21.6 Å². The van der Waals surface area contributed by atoms with Gasteiger partial charge in [0.05, 0.1) is 11.3 Å². The van der Waals surface area contributed by atoms with E-state index in [0.717, 1.165) is 12.3 Å². The summed E-state index contributed by atoms with van der Waals surface area (Å²) in [6.07, 6.45) is -2.53. The van der Waals surface area contributed by atoms with Crippen molar-refractivity contribution in [3.8, 4) is 0 Å². The molecule has 0 amide bonds. The molecule has 0 aromatic carbocycles. The highest BCUT2D eigenvalue weighted by Crippen LogP contribution is 2.30. The van der Waals surface area contributed by atoms with Crippen molar-refractivity contribution in [3.05, 3.63) is 23.9 Å². The van der Waals surface area contributed by atoms with Crippen LogP contribution in [0.5, 0.6) is 0 Å². The summed E-state index contributed by atoms with van der Waals surface area (Å²) in [6.45, 7) is 0.997. The van der Waals surface area contributed by atoms with Crippen molar-refractivity contribution in [1.82, 2.24) is 4.98 Å². The predicted octanol–water partition coefficient (Wildman–Crippen LogP) is 2.20. The first-order chi connectivity index (χ1) is 9.65. The molecule has 0 bridgehead atoms. The molecular formula is C12H15F3N2O3S. The van der Waals surface area contributed by atoms with Gasteiger partial charge in [0, 0.05) is 19.3 Å². The lowest BCUT2D eigenvalue weighted by molar-refractivity contribution is -0.137. The van der Waals surface area contributed by atoms with E-state index >= 15 is 0 Å². The molecule has 1 aromatic rings. The van der Waals surface area contributed by atoms with Crippen molar-refractivity contribution in [1.29, 1.82) is 0 Å². The summed E-state index contributed by atoms with van der Waals surface area (Å²) in [5, 5.41) is 0. The fourth-order valence-corrected chi connectivity index (χ4v) is 3.30. The summed E-state index contributed by atoms with van der Waals surface area (Å²) < 4.78 is 67.7. The number of hydrogen-bond donors (Lipinski definition) is 1. The third kappa shape index (κ3) is 4.57. The van der Waals surface area contributed by atoms with Gasteiger partial charge in [0.1, 0.15) is 5.82 Å². The Morgan fingerprint density at radius 2 is 1.90 bits per heavy atom. The molecule has 1 aliphatic heterocycles. The Balaban J connectivity index is 1.96. The minimum atomic E-state index is -4.41. The van der Waals surface area contributed by atoms with Crippen LogP contribution in [0.15, 0.2) is 18.3 Å². The van der Waals surface area contributed by atoms with E-state index in [0.29, 0.717) is 31.7 Å². The number of halogens is 3. The molecule has 0 radical (unpaired) electrons. The van der Waals surface area contributed by atoms with E-state index in [1.54, 1.807) is 4.90 Å². The third-order valence-electron chi connectivity index (χ3n) is 3.46. The van der Waals surface area contributed by atoms with Crippen molar-refractivity contribution < 1.29 is 26.1 Å². The SMILES string of the molecule is O=S(=O)(O)CC1CCN(c2ccc(C(F)(F)F)cn2)CC1. The van der Waals surface area contributed by atoms with Crippen LogP contribution in [0.3, 0.4) is 0 Å². The van der Waals surface area contributed by atoms with Crippen molar-refractivity contribution in [3.63, 3.8) is 0 Å². The molecule has 2 heterocycles. The van der Waals surface area contributed by atoms with Gasteiger partial charge in [0.2, 0.25) is 0 Å². The largest absolute Gasteiger partial charge is 0.417 e. The number of pyridine rings is 1. The Bertz CT molecular complexity index is 579. The second-order valence-corrected chi connectivity index (χ2v) is 6.58. The first-order valence-corrected chi connectivity index (χ1v) is 7.99. The van der Waals surface area contributed by atoms with Crippen LogP contribution >= 0.6 is 0 Å². The van der Waals surface area contributed by atoms with E-state index in [-0.39, 0.29) is 11.7 Å². The standard InChI is InChI=1S/C12H15F3N2O3S/c13-12(14,15)10-1-2-11(16-7-10)17-5-3-9(4-6-17)8-21(18,19)20/h1-2,7,9H,3-6,8H2,(H,18,19,20). The van der Waals surface area contributed by atoms with Crippen LogP contribution in [-0.4, -0.2) is 36.8 Å². The monoisotopic (exact) mass is 324 g/mol. The normalized spacial score (nSPS) is 18.0. The van der Waals surface area contributed by atoms with E-state index in [2.05, 4.69) is 4.98 Å². The maximum Gasteiger partial charge on any atom is 0.417 e. The van der Waals surface area contributed by atoms with Gasteiger partial charge in [0.25, 0.3) is 10.1 Å². The van der Waals surface area contributed by atoms with Crippen LogP contribution in [0.1, 0.15) is 18.4 Å². The van der Waals surface area contributed by atoms with Crippen molar-refractivity contribution >= 4 is 15.9 Å². The highest BCUT2D eigenvalue weighted by Gasteiger charge is 2.31. The van der Waals surface area contributed by atoms with Crippen LogP contribution in [0.25, 0.3) is 0 Å². The van der Waals surface area contributed by atoms with Gasteiger partial charge in [-0.25, -0.2) is 4.98 Å². The van der Waals surface area contributed by atoms with Crippen LogP contribution in [0.4, 0.5) is 19.0 Å². The maximum atomic E-state index is 12.4. The Labute approximate surface area is 120 Å². The van der Waals surface area contributed by atoms with Crippen LogP contribution in [-0.2, 0) is 16.3 Å². The van der Waals surface area contributed by atoms with Gasteiger partial charge >= 0.3 is 6.18 Å². The number of rotatable bonds is 3. The second kappa shape index (κ2) is 5.80. The summed E-state index contributed by atoms with van der Waals surface area (Å²) in [7, 11) is -3.99. The molecule has 9 heteroatoms. The summed E-state index contributed by atoms with van der Waals surface area (Å²) in [5.74, 6) is 0.0281. The summed E-state index contributed by atoms with van der Waals surface area (Å²) in [4.78, 5) is 5.61. The molecule has 0 saturated carbocycles. The predicted molar refractivity (Wildman–Crippen MR) is 70.6 cm³/mol. The molecule has 0 unspecified atom stereocenters. The van der Waals surface area contributed by atoms with Crippen molar-refractivity contribution in [2.45, 2.75) is 19.0 Å². The van der Waals surface area contributed by atoms with Crippen molar-refractivity contribution in [2.75, 3.05) is 23.7 Å². The van der Waals surface area contributed by atoms with Gasteiger partial charge in [-0.05, 0) is 30.9 Å². The first-order valence-electron chi connectivity index (χ1n) is 6.38. The zero-order chi connectivity index (χ0) is 15.7. The quantitative estimate of drug-likeness (QED) is 0.863. The van der Waals surface area contributed by atoms with Gasteiger partial charge < -0.3 is 4.90 Å². The second-order valence-electron chi connectivity index (χ2n) is 5.08. The average molecular weight is 324 g/mol. The van der Waals surface area contributed by atoms with Gasteiger partial charge in [-0.1, -0.05) is 0 Å². The summed E-state index contributed by atoms with van der Waals surface area (Å²) >= 11 is 0. The number of nitrogens with zero attached hydrogens (tertiary/aromatic N) is 2. The molecule has 1 aliphatic rings. The van der Waals surface area contributed by atoms with Gasteiger partial charge in [-0.2, -0.15) is 21.6 Å². The van der Waals surface area contributed by atoms with E-state index in [1.165, 1.54) is 6.07 Å². The minimum absolute atomic E-state index is 0.134. The van der Waals surface area contributed by atoms with Gasteiger partial charge in [-0.3, -0.25) is 4.55 Å². The van der Waals surface area contributed by atoms with Crippen LogP contribution in [0, 0.1) is 5.92 Å². The number of piperidine rings is 1. The average Bonchev–Trinajstić information content (AvgIpc) is 2.37. The molecule has 2 rings (SSSR count). The Kier molecular flexibility index (Phi) is 4.43. The highest BCUT2D eigenvalue weighted by molar-refractivity contribution is 7.85. The number of aromatic nitrogens is 1. The van der Waals surface area contributed by atoms with E-state index in [4.69, 9.17) is 4.55 Å². The fourth-order valence-electron chi connectivity index (χ4n) is 2.37. The molecule has 1 fully saturated rings. The molecule has 0 atom stereocenters. The molecule has 1 saturated heterocycles. The zero-order valence-electron chi connectivity index (χ0n) is 11.0. The minimum Gasteiger partial charge on any atom is -0.357 e. The topological polar surface area (TPSA) is 70.5 Å². The van der Waals surface area contributed by atoms with Crippen molar-refractivity contribution in [2.24, 2.45) is 5.92 Å². The summed E-state index contributed by atoms with van der Waals surface area (Å²) in [6, 6.07) is 2.29. The smallest absolute Gasteiger partial charge is 0.357 e. The molecular weight excluding hydrogens is 309 g/mol. The molecule has 21 heavy (non-hydrogen) atoms. The first kappa shape index (κ1) is 16.0. The molecule has 0 aliphatic carbocycles. The Morgan fingerprint density at radius 3 is 2.33 bits per heavy atom. The third-order valence-corrected chi connectivity index (χ3v) is 4.35. The Morgan fingerprint density at radius 1 is 1.29 bits per heavy atom. The molecule has 118 valence electrons. The van der Waals surface area contributed by atoms with Gasteiger partial charge in [0.15, 0.2) is 0 Å². The number of alkyl halides is 3. The van der Waals surface area contributed by atoms with Crippen LogP contribution in [0.2, 0.25) is 0 Å². The zero-order valence-corrected chi connectivity index (χ0v) is 11.9. The molecule has 5 nitrogen and oxygen atoms in total. The molecule has 1 aromatic heterocycles. The fraction of sp³-hybridized carbons (Fsp3) is 0.583. The Hall–Kier alpha value is -1.35. The van der Waals surface area contributed by atoms with E-state index < -0.39 is 21.9 Å². The van der Waals surface area contributed by atoms with Gasteiger partial charge in [-0.15, -0.1) is 0 Å². The molecule has 0 spiro atoms. The highest BCUT2D eigenvalue weighted by atomic mass is 32.2. The van der Waals surface area contributed by atoms with Crippen LogP contribution < -0.4 is 4.90 Å². The summed E-state index contributed by atoms with van der Waals surface area (Å²) in [5.41, 5.74) is -0.799.